The summed E-state index contributed by atoms with van der Waals surface area (Å²) in [7, 11) is 1.63. The third-order valence-electron chi connectivity index (χ3n) is 12.8. The number of nitro benzene ring substituents is 1. The van der Waals surface area contributed by atoms with Gasteiger partial charge in [-0.25, -0.2) is 4.79 Å². The molecule has 76 heavy (non-hydrogen) atoms. The average molecular weight is 1030 g/mol. The standard InChI is InChI=1S/C59H60N6O11/c1-74-49-32-26-46(27-33-49)59(44-18-8-3-9-19-44,45-20-10-4-11-21-45)60-38-14-13-22-51(56(69)61-47-28-24-43(25-29-47)41-75-58(71)76-50-34-30-48(31-35-50)65(72)73)63-57(70)52(40-42-16-6-2-7-17-42)62-53(66)23-12-5-15-39-64-54(67)36-37-55(64)68/h2-4,6-11,16-21,24-37,51-52,60H,5,12-15,22-23,38-41H2,1H3,(H,61,69)(H,62,66)(H,63,70). The summed E-state index contributed by atoms with van der Waals surface area (Å²) >= 11 is 0. The van der Waals surface area contributed by atoms with Gasteiger partial charge in [-0.05, 0) is 103 Å². The number of carbonyl (C=O) groups is 6. The van der Waals surface area contributed by atoms with Gasteiger partial charge in [-0.1, -0.05) is 122 Å². The first-order chi connectivity index (χ1) is 36.9. The number of anilines is 1. The Bertz CT molecular complexity index is 2880. The smallest absolute Gasteiger partial charge is 0.497 e. The molecule has 2 unspecified atom stereocenters. The van der Waals surface area contributed by atoms with E-state index in [4.69, 9.17) is 14.2 Å². The van der Waals surface area contributed by atoms with E-state index in [0.717, 1.165) is 32.9 Å². The number of nitrogens with one attached hydrogen (secondary N) is 4. The van der Waals surface area contributed by atoms with Gasteiger partial charge in [0.15, 0.2) is 0 Å². The predicted octanol–water partition coefficient (Wildman–Crippen LogP) is 8.71. The van der Waals surface area contributed by atoms with Crippen LogP contribution in [0.2, 0.25) is 0 Å². The third-order valence-corrected chi connectivity index (χ3v) is 12.8. The van der Waals surface area contributed by atoms with Gasteiger partial charge in [0.25, 0.3) is 17.5 Å². The van der Waals surface area contributed by atoms with Crippen LogP contribution in [0.5, 0.6) is 11.5 Å². The molecule has 4 N–H and O–H groups in total. The van der Waals surface area contributed by atoms with Crippen LogP contribution in [0.1, 0.15) is 72.8 Å². The molecule has 1 aliphatic heterocycles. The second-order valence-corrected chi connectivity index (χ2v) is 18.1. The van der Waals surface area contributed by atoms with E-state index in [-0.39, 0.29) is 61.6 Å². The molecule has 17 nitrogen and oxygen atoms in total. The minimum Gasteiger partial charge on any atom is -0.497 e. The van der Waals surface area contributed by atoms with Gasteiger partial charge in [0.1, 0.15) is 30.2 Å². The lowest BCUT2D eigenvalue weighted by Crippen LogP contribution is -2.53. The molecular weight excluding hydrogens is 969 g/mol. The van der Waals surface area contributed by atoms with E-state index in [2.05, 4.69) is 45.5 Å². The van der Waals surface area contributed by atoms with Crippen molar-refractivity contribution in [2.75, 3.05) is 25.5 Å². The fourth-order valence-corrected chi connectivity index (χ4v) is 8.84. The van der Waals surface area contributed by atoms with E-state index in [1.165, 1.54) is 36.4 Å². The van der Waals surface area contributed by atoms with E-state index < -0.39 is 40.5 Å². The lowest BCUT2D eigenvalue weighted by molar-refractivity contribution is -0.384. The van der Waals surface area contributed by atoms with Gasteiger partial charge in [-0.3, -0.25) is 44.3 Å². The lowest BCUT2D eigenvalue weighted by Gasteiger charge is -2.37. The highest BCUT2D eigenvalue weighted by atomic mass is 16.7. The molecule has 7 rings (SSSR count). The Hall–Kier alpha value is -8.96. The summed E-state index contributed by atoms with van der Waals surface area (Å²) in [6.45, 7) is 0.586. The van der Waals surface area contributed by atoms with E-state index in [1.807, 2.05) is 91.0 Å². The zero-order valence-corrected chi connectivity index (χ0v) is 42.1. The van der Waals surface area contributed by atoms with Gasteiger partial charge in [0.05, 0.1) is 17.6 Å². The molecule has 5 amide bonds. The van der Waals surface area contributed by atoms with Crippen molar-refractivity contribution in [3.05, 3.63) is 214 Å². The number of benzene rings is 6. The monoisotopic (exact) mass is 1030 g/mol. The van der Waals surface area contributed by atoms with Crippen molar-refractivity contribution in [3.63, 3.8) is 0 Å². The van der Waals surface area contributed by atoms with Crippen LogP contribution >= 0.6 is 0 Å². The van der Waals surface area contributed by atoms with Gasteiger partial charge >= 0.3 is 6.16 Å². The van der Waals surface area contributed by atoms with E-state index in [0.29, 0.717) is 49.9 Å². The molecule has 6 aromatic carbocycles. The molecule has 0 saturated carbocycles. The molecule has 1 heterocycles. The van der Waals surface area contributed by atoms with Crippen LogP contribution in [0.3, 0.4) is 0 Å². The van der Waals surface area contributed by atoms with Crippen LogP contribution in [-0.2, 0) is 47.3 Å². The van der Waals surface area contributed by atoms with Gasteiger partial charge in [0.2, 0.25) is 17.7 Å². The summed E-state index contributed by atoms with van der Waals surface area (Å²) in [5, 5.41) is 23.6. The first kappa shape index (κ1) is 54.8. The van der Waals surface area contributed by atoms with Crippen molar-refractivity contribution in [3.8, 4) is 11.5 Å². The number of hydrogen-bond acceptors (Lipinski definition) is 12. The summed E-state index contributed by atoms with van der Waals surface area (Å²) < 4.78 is 15.9. The second kappa shape index (κ2) is 27.4. The van der Waals surface area contributed by atoms with E-state index in [9.17, 15) is 38.9 Å². The van der Waals surface area contributed by atoms with Gasteiger partial charge in [-0.15, -0.1) is 0 Å². The Balaban J connectivity index is 1.04. The zero-order valence-electron chi connectivity index (χ0n) is 42.1. The maximum Gasteiger partial charge on any atom is 0.514 e. The van der Waals surface area contributed by atoms with Crippen molar-refractivity contribution in [2.24, 2.45) is 0 Å². The Morgan fingerprint density at radius 3 is 1.82 bits per heavy atom. The Morgan fingerprint density at radius 1 is 0.618 bits per heavy atom. The summed E-state index contributed by atoms with van der Waals surface area (Å²) in [5.41, 5.74) is 3.89. The molecule has 0 bridgehead atoms. The van der Waals surface area contributed by atoms with Crippen LogP contribution in [0.25, 0.3) is 0 Å². The molecule has 0 aromatic heterocycles. The highest BCUT2D eigenvalue weighted by Gasteiger charge is 2.36. The van der Waals surface area contributed by atoms with Crippen molar-refractivity contribution in [1.29, 1.82) is 0 Å². The normalized spacial score (nSPS) is 12.8. The molecule has 392 valence electrons. The average Bonchev–Trinajstić information content (AvgIpc) is 3.81. The van der Waals surface area contributed by atoms with Crippen LogP contribution in [0, 0.1) is 10.1 Å². The number of carbonyl (C=O) groups excluding carboxylic acids is 6. The summed E-state index contributed by atoms with van der Waals surface area (Å²) in [5.74, 6) is -1.32. The fraction of sp³-hybridized carbons (Fsp3) is 0.254. The number of non-ortho nitro benzene ring substituents is 1. The number of amides is 5. The minimum absolute atomic E-state index is 0.0687. The molecule has 0 aliphatic carbocycles. The SMILES string of the molecule is COc1ccc(C(NCCCCC(NC(=O)C(Cc2ccccc2)NC(=O)CCCCCN2C(=O)C=CC2=O)C(=O)Nc2ccc(COC(=O)Oc3ccc([N+](=O)[O-])cc3)cc2)(c2ccccc2)c2ccccc2)cc1. The number of rotatable bonds is 27. The van der Waals surface area contributed by atoms with Crippen LogP contribution in [0.4, 0.5) is 16.2 Å². The number of nitrogens with zero attached hydrogens (tertiary/aromatic N) is 2. The lowest BCUT2D eigenvalue weighted by atomic mass is 9.77. The molecule has 0 radical (unpaired) electrons. The topological polar surface area (TPSA) is 225 Å². The number of unbranched alkanes of at least 4 members (excludes halogenated alkanes) is 3. The molecule has 0 fully saturated rings. The van der Waals surface area contributed by atoms with E-state index in [1.54, 1.807) is 31.4 Å². The van der Waals surface area contributed by atoms with Crippen molar-refractivity contribution < 1.29 is 47.9 Å². The second-order valence-electron chi connectivity index (χ2n) is 18.1. The first-order valence-corrected chi connectivity index (χ1v) is 25.1. The Labute approximate surface area is 440 Å². The maximum absolute atomic E-state index is 14.4. The molecule has 0 saturated heterocycles. The van der Waals surface area contributed by atoms with E-state index >= 15 is 0 Å². The van der Waals surface area contributed by atoms with Crippen molar-refractivity contribution in [2.45, 2.75) is 75.6 Å². The quantitative estimate of drug-likeness (QED) is 0.00723. The predicted molar refractivity (Wildman–Crippen MR) is 285 cm³/mol. The first-order valence-electron chi connectivity index (χ1n) is 25.1. The molecule has 1 aliphatic rings. The summed E-state index contributed by atoms with van der Waals surface area (Å²) in [6.07, 6.45) is 4.58. The maximum atomic E-state index is 14.4. The van der Waals surface area contributed by atoms with Crippen molar-refractivity contribution >= 4 is 47.1 Å². The van der Waals surface area contributed by atoms with Crippen LogP contribution < -0.4 is 30.7 Å². The molecule has 0 spiro atoms. The van der Waals surface area contributed by atoms with Crippen LogP contribution in [0.15, 0.2) is 176 Å². The zero-order chi connectivity index (χ0) is 53.7. The van der Waals surface area contributed by atoms with Gasteiger partial charge in [0, 0.05) is 49.4 Å². The highest BCUT2D eigenvalue weighted by molar-refractivity contribution is 6.12. The molecule has 17 heteroatoms. The van der Waals surface area contributed by atoms with Gasteiger partial charge in [-0.2, -0.15) is 0 Å². The summed E-state index contributed by atoms with van der Waals surface area (Å²) in [4.78, 5) is 90.1. The van der Waals surface area contributed by atoms with Crippen molar-refractivity contribution in [1.82, 2.24) is 20.9 Å². The van der Waals surface area contributed by atoms with Crippen LogP contribution in [-0.4, -0.2) is 77.8 Å². The highest BCUT2D eigenvalue weighted by Crippen LogP contribution is 2.37. The molecule has 6 aromatic rings. The Kier molecular flexibility index (Phi) is 19.7. The number of methoxy groups -OCH3 is 1. The number of imide groups is 1. The van der Waals surface area contributed by atoms with Gasteiger partial charge < -0.3 is 30.2 Å². The molecular formula is C59H60N6O11. The number of hydrogen-bond donors (Lipinski definition) is 4. The third kappa shape index (κ3) is 15.3. The number of nitro groups is 1. The summed E-state index contributed by atoms with van der Waals surface area (Å²) in [6, 6.07) is 47.0. The fourth-order valence-electron chi connectivity index (χ4n) is 8.84. The Morgan fingerprint density at radius 2 is 1.21 bits per heavy atom. The molecule has 2 atom stereocenters. The number of ether oxygens (including phenoxy) is 3. The largest absolute Gasteiger partial charge is 0.514 e. The minimum atomic E-state index is -1.04.